The van der Waals surface area contributed by atoms with Gasteiger partial charge in [0, 0.05) is 26.3 Å². The molecule has 2 aliphatic heterocycles. The molecule has 0 aliphatic carbocycles. The summed E-state index contributed by atoms with van der Waals surface area (Å²) < 4.78 is 7.77. The molecule has 0 aromatic carbocycles. The summed E-state index contributed by atoms with van der Waals surface area (Å²) in [4.78, 5) is 0. The minimum absolute atomic E-state index is 0.623. The molecule has 0 aromatic rings. The topological polar surface area (TPSA) is 12.5 Å². The average molecular weight is 219 g/mol. The van der Waals surface area contributed by atoms with E-state index in [1.165, 1.54) is 38.8 Å². The van der Waals surface area contributed by atoms with E-state index in [1.54, 1.807) is 11.0 Å². The lowest BCUT2D eigenvalue weighted by Crippen LogP contribution is -2.40. The third kappa shape index (κ3) is 2.35. The summed E-state index contributed by atoms with van der Waals surface area (Å²) in [5.41, 5.74) is 0.623. The van der Waals surface area contributed by atoms with Crippen molar-refractivity contribution in [3.05, 3.63) is 0 Å². The van der Waals surface area contributed by atoms with Gasteiger partial charge in [-0.1, -0.05) is 11.7 Å². The van der Waals surface area contributed by atoms with Crippen molar-refractivity contribution in [2.75, 3.05) is 26.3 Å². The maximum atomic E-state index is 5.42. The summed E-state index contributed by atoms with van der Waals surface area (Å²) in [6, 6.07) is 0. The first-order valence-electron chi connectivity index (χ1n) is 4.99. The Hall–Kier alpha value is 0.620. The van der Waals surface area contributed by atoms with Gasteiger partial charge in [0.2, 0.25) is 0 Å². The van der Waals surface area contributed by atoms with Crippen molar-refractivity contribution >= 4 is 22.6 Å². The average Bonchev–Trinajstić information content (AvgIpc) is 2.20. The molecule has 0 N–H and O–H groups in total. The molecule has 2 fully saturated rings. The molecule has 1 spiro atoms. The minimum Gasteiger partial charge on any atom is -0.381 e. The number of nitrogens with zero attached hydrogens (tertiary/aromatic N) is 1. The predicted molar refractivity (Wildman–Crippen MR) is 59.9 cm³/mol. The van der Waals surface area contributed by atoms with E-state index in [4.69, 9.17) is 4.74 Å². The normalized spacial score (nSPS) is 29.3. The molecule has 0 atom stereocenters. The van der Waals surface area contributed by atoms with Crippen LogP contribution in [0.5, 0.6) is 0 Å². The minimum atomic E-state index is 0.623. The van der Waals surface area contributed by atoms with Gasteiger partial charge in [-0.25, -0.2) is 4.31 Å². The van der Waals surface area contributed by atoms with Gasteiger partial charge in [0.25, 0.3) is 0 Å². The zero-order chi connectivity index (χ0) is 9.15. The van der Waals surface area contributed by atoms with Crippen molar-refractivity contribution < 1.29 is 4.74 Å². The van der Waals surface area contributed by atoms with Gasteiger partial charge >= 0.3 is 0 Å². The van der Waals surface area contributed by atoms with Crippen LogP contribution in [0.3, 0.4) is 0 Å². The third-order valence-corrected chi connectivity index (χ3v) is 4.74. The molecular weight excluding hydrogens is 202 g/mol. The summed E-state index contributed by atoms with van der Waals surface area (Å²) in [5, 5.41) is 0. The molecule has 0 unspecified atom stereocenters. The summed E-state index contributed by atoms with van der Waals surface area (Å²) in [7, 11) is 1.59. The molecule has 4 heteroatoms. The number of thiol groups is 1. The molecule has 0 saturated carbocycles. The number of rotatable bonds is 1. The van der Waals surface area contributed by atoms with Crippen LogP contribution in [0, 0.1) is 5.41 Å². The first-order valence-corrected chi connectivity index (χ1v) is 6.81. The van der Waals surface area contributed by atoms with Gasteiger partial charge < -0.3 is 4.74 Å². The number of ether oxygens (including phenoxy) is 1. The van der Waals surface area contributed by atoms with Crippen LogP contribution in [-0.4, -0.2) is 30.6 Å². The highest BCUT2D eigenvalue weighted by molar-refractivity contribution is 8.67. The van der Waals surface area contributed by atoms with E-state index >= 15 is 0 Å². The Bertz CT molecular complexity index is 161. The monoisotopic (exact) mass is 219 g/mol. The fraction of sp³-hybridized carbons (Fsp3) is 1.00. The van der Waals surface area contributed by atoms with E-state index in [2.05, 4.69) is 16.0 Å². The Morgan fingerprint density at radius 3 is 2.23 bits per heavy atom. The molecule has 76 valence electrons. The van der Waals surface area contributed by atoms with Crippen molar-refractivity contribution in [2.45, 2.75) is 25.7 Å². The molecule has 2 saturated heterocycles. The zero-order valence-electron chi connectivity index (χ0n) is 7.87. The largest absolute Gasteiger partial charge is 0.381 e. The number of hydrogen-bond acceptors (Lipinski definition) is 4. The van der Waals surface area contributed by atoms with Crippen LogP contribution in [-0.2, 0) is 4.74 Å². The first-order chi connectivity index (χ1) is 6.35. The molecule has 0 amide bonds. The number of hydrogen-bond donors (Lipinski definition) is 1. The van der Waals surface area contributed by atoms with E-state index in [9.17, 15) is 0 Å². The van der Waals surface area contributed by atoms with Gasteiger partial charge in [-0.05, 0) is 42.1 Å². The highest BCUT2D eigenvalue weighted by atomic mass is 33.1. The summed E-state index contributed by atoms with van der Waals surface area (Å²) >= 11 is 4.23. The van der Waals surface area contributed by atoms with Crippen molar-refractivity contribution in [3.8, 4) is 0 Å². The Kier molecular flexibility index (Phi) is 3.46. The van der Waals surface area contributed by atoms with Crippen LogP contribution < -0.4 is 0 Å². The van der Waals surface area contributed by atoms with Crippen LogP contribution in [0.4, 0.5) is 0 Å². The van der Waals surface area contributed by atoms with Crippen LogP contribution in [0.15, 0.2) is 0 Å². The van der Waals surface area contributed by atoms with E-state index in [1.807, 2.05) is 0 Å². The summed E-state index contributed by atoms with van der Waals surface area (Å²) in [5.74, 6) is 0. The van der Waals surface area contributed by atoms with E-state index < -0.39 is 0 Å². The standard InChI is InChI=1S/C9H17NOS2/c12-13-10-5-1-9(2-6-10)3-7-11-8-4-9/h12H,1-8H2. The lowest BCUT2D eigenvalue weighted by atomic mass is 9.73. The van der Waals surface area contributed by atoms with Crippen LogP contribution in [0.1, 0.15) is 25.7 Å². The van der Waals surface area contributed by atoms with Gasteiger partial charge in [-0.3, -0.25) is 0 Å². The molecule has 2 heterocycles. The number of piperidine rings is 1. The lowest BCUT2D eigenvalue weighted by Gasteiger charge is -2.43. The fourth-order valence-electron chi connectivity index (χ4n) is 2.35. The summed E-state index contributed by atoms with van der Waals surface area (Å²) in [6.45, 7) is 4.37. The van der Waals surface area contributed by atoms with Crippen LogP contribution in [0.2, 0.25) is 0 Å². The van der Waals surface area contributed by atoms with Gasteiger partial charge in [-0.2, -0.15) is 0 Å². The molecule has 13 heavy (non-hydrogen) atoms. The Morgan fingerprint density at radius 2 is 1.69 bits per heavy atom. The summed E-state index contributed by atoms with van der Waals surface area (Å²) in [6.07, 6.45) is 5.23. The van der Waals surface area contributed by atoms with E-state index in [-0.39, 0.29) is 0 Å². The van der Waals surface area contributed by atoms with Gasteiger partial charge in [0.15, 0.2) is 0 Å². The van der Waals surface area contributed by atoms with Crippen molar-refractivity contribution in [1.29, 1.82) is 0 Å². The molecular formula is C9H17NOS2. The third-order valence-electron chi connectivity index (χ3n) is 3.45. The first kappa shape index (κ1) is 10.1. The van der Waals surface area contributed by atoms with Gasteiger partial charge in [0.1, 0.15) is 0 Å². The smallest absolute Gasteiger partial charge is 0.0471 e. The predicted octanol–water partition coefficient (Wildman–Crippen LogP) is 2.37. The molecule has 2 nitrogen and oxygen atoms in total. The van der Waals surface area contributed by atoms with Crippen molar-refractivity contribution in [2.24, 2.45) is 5.41 Å². The van der Waals surface area contributed by atoms with Gasteiger partial charge in [-0.15, -0.1) is 0 Å². The second-order valence-corrected chi connectivity index (χ2v) is 5.29. The lowest BCUT2D eigenvalue weighted by molar-refractivity contribution is -0.00888. The molecule has 0 bridgehead atoms. The maximum absolute atomic E-state index is 5.42. The molecule has 0 aromatic heterocycles. The van der Waals surface area contributed by atoms with Gasteiger partial charge in [0.05, 0.1) is 0 Å². The highest BCUT2D eigenvalue weighted by Gasteiger charge is 2.35. The Morgan fingerprint density at radius 1 is 1.08 bits per heavy atom. The van der Waals surface area contributed by atoms with Crippen molar-refractivity contribution in [1.82, 2.24) is 4.31 Å². The van der Waals surface area contributed by atoms with Crippen LogP contribution >= 0.6 is 22.6 Å². The maximum Gasteiger partial charge on any atom is 0.0471 e. The highest BCUT2D eigenvalue weighted by Crippen LogP contribution is 2.41. The second kappa shape index (κ2) is 4.43. The van der Waals surface area contributed by atoms with E-state index in [0.717, 1.165) is 13.2 Å². The van der Waals surface area contributed by atoms with E-state index in [0.29, 0.717) is 5.41 Å². The SMILES string of the molecule is SSN1CCC2(CCOCC2)CC1. The quantitative estimate of drug-likeness (QED) is 0.413. The zero-order valence-corrected chi connectivity index (χ0v) is 9.58. The Labute approximate surface area is 89.3 Å². The molecule has 2 aliphatic rings. The fourth-order valence-corrected chi connectivity index (χ4v) is 3.18. The van der Waals surface area contributed by atoms with Crippen molar-refractivity contribution in [3.63, 3.8) is 0 Å². The molecule has 2 rings (SSSR count). The second-order valence-electron chi connectivity index (χ2n) is 4.12. The van der Waals surface area contributed by atoms with Crippen LogP contribution in [0.25, 0.3) is 0 Å². The Balaban J connectivity index is 1.87. The molecule has 0 radical (unpaired) electrons.